The summed E-state index contributed by atoms with van der Waals surface area (Å²) >= 11 is 0. The molecular formula is C19H37N3O3. The van der Waals surface area contributed by atoms with E-state index in [1.165, 1.54) is 71.3 Å². The number of esters is 1. The number of carbonyl (C=O) groups excluding carboxylic acids is 1. The highest BCUT2D eigenvalue weighted by Crippen LogP contribution is 2.15. The molecule has 0 aliphatic rings. The van der Waals surface area contributed by atoms with Crippen molar-refractivity contribution in [1.29, 1.82) is 0 Å². The summed E-state index contributed by atoms with van der Waals surface area (Å²) in [5.74, 6) is -0.681. The van der Waals surface area contributed by atoms with E-state index in [0.717, 1.165) is 19.3 Å². The second-order valence-electron chi connectivity index (χ2n) is 6.77. The summed E-state index contributed by atoms with van der Waals surface area (Å²) in [7, 11) is 1.22. The van der Waals surface area contributed by atoms with Gasteiger partial charge in [-0.25, -0.2) is 0 Å². The van der Waals surface area contributed by atoms with Crippen LogP contribution < -0.4 is 0 Å². The Balaban J connectivity index is 3.51. The lowest BCUT2D eigenvalue weighted by Crippen LogP contribution is -2.33. The summed E-state index contributed by atoms with van der Waals surface area (Å²) in [6.07, 6.45) is 15.9. The van der Waals surface area contributed by atoms with Crippen LogP contribution in [0.3, 0.4) is 0 Å². The van der Waals surface area contributed by atoms with Gasteiger partial charge in [-0.05, 0) is 12.0 Å². The quantitative estimate of drug-likeness (QED) is 0.119. The fourth-order valence-electron chi connectivity index (χ4n) is 2.99. The Hall–Kier alpha value is -1.26. The Kier molecular flexibility index (Phi) is 16.7. The maximum atomic E-state index is 11.4. The van der Waals surface area contributed by atoms with Crippen LogP contribution in [0.15, 0.2) is 5.11 Å². The number of methoxy groups -OCH3 is 1. The van der Waals surface area contributed by atoms with Crippen molar-refractivity contribution in [3.8, 4) is 0 Å². The van der Waals surface area contributed by atoms with E-state index < -0.39 is 18.1 Å². The molecule has 0 aliphatic carbocycles. The normalized spacial score (nSPS) is 13.1. The van der Waals surface area contributed by atoms with Crippen LogP contribution in [0.25, 0.3) is 10.4 Å². The first-order chi connectivity index (χ1) is 12.2. The molecule has 0 rings (SSSR count). The van der Waals surface area contributed by atoms with E-state index in [9.17, 15) is 9.90 Å². The molecule has 0 bridgehead atoms. The highest BCUT2D eigenvalue weighted by atomic mass is 16.5. The van der Waals surface area contributed by atoms with Gasteiger partial charge in [-0.3, -0.25) is 4.79 Å². The first kappa shape index (κ1) is 23.7. The number of rotatable bonds is 17. The fraction of sp³-hybridized carbons (Fsp3) is 0.947. The molecule has 6 heteroatoms. The van der Waals surface area contributed by atoms with Gasteiger partial charge in [0.25, 0.3) is 0 Å². The fourth-order valence-corrected chi connectivity index (χ4v) is 2.99. The molecule has 1 N–H and O–H groups in total. The summed E-state index contributed by atoms with van der Waals surface area (Å²) in [6.45, 7) is 2.25. The summed E-state index contributed by atoms with van der Waals surface area (Å²) in [5.41, 5.74) is 8.45. The maximum Gasteiger partial charge on any atom is 0.317 e. The molecule has 0 aromatic heterocycles. The lowest BCUT2D eigenvalue weighted by Gasteiger charge is -2.15. The van der Waals surface area contributed by atoms with Crippen LogP contribution >= 0.6 is 0 Å². The van der Waals surface area contributed by atoms with Crippen LogP contribution in [0.4, 0.5) is 0 Å². The Labute approximate surface area is 153 Å². The van der Waals surface area contributed by atoms with Crippen molar-refractivity contribution in [2.45, 2.75) is 109 Å². The second-order valence-corrected chi connectivity index (χ2v) is 6.77. The highest BCUT2D eigenvalue weighted by molar-refractivity contribution is 5.76. The van der Waals surface area contributed by atoms with Gasteiger partial charge in [0.2, 0.25) is 0 Å². The van der Waals surface area contributed by atoms with Crippen LogP contribution in [0.5, 0.6) is 0 Å². The molecule has 0 unspecified atom stereocenters. The molecule has 0 aliphatic heterocycles. The molecule has 25 heavy (non-hydrogen) atoms. The zero-order valence-corrected chi connectivity index (χ0v) is 16.2. The third-order valence-electron chi connectivity index (χ3n) is 4.59. The largest absolute Gasteiger partial charge is 0.469 e. The molecule has 0 aromatic rings. The van der Waals surface area contributed by atoms with E-state index in [0.29, 0.717) is 6.42 Å². The number of ether oxygens (including phenoxy) is 1. The van der Waals surface area contributed by atoms with Gasteiger partial charge in [-0.2, -0.15) is 0 Å². The highest BCUT2D eigenvalue weighted by Gasteiger charge is 2.25. The lowest BCUT2D eigenvalue weighted by molar-refractivity contribution is -0.144. The van der Waals surface area contributed by atoms with Crippen LogP contribution in [0.1, 0.15) is 96.8 Å². The Bertz CT molecular complexity index is 371. The minimum atomic E-state index is -1.13. The predicted octanol–water partition coefficient (Wildman–Crippen LogP) is 5.68. The SMILES string of the molecule is CCCCCCCCCCCCCCC[C@H](O)[C@H](N=[N+]=[N-])C(=O)OC. The number of hydrogen-bond acceptors (Lipinski definition) is 4. The lowest BCUT2D eigenvalue weighted by atomic mass is 10.0. The minimum absolute atomic E-state index is 0.455. The molecule has 0 saturated heterocycles. The van der Waals surface area contributed by atoms with Crippen molar-refractivity contribution < 1.29 is 14.6 Å². The van der Waals surface area contributed by atoms with Crippen LogP contribution in [0.2, 0.25) is 0 Å². The van der Waals surface area contributed by atoms with E-state index in [1.807, 2.05) is 0 Å². The minimum Gasteiger partial charge on any atom is -0.469 e. The molecule has 0 radical (unpaired) electrons. The molecule has 0 saturated carbocycles. The number of nitrogens with zero attached hydrogens (tertiary/aromatic N) is 3. The number of carbonyl (C=O) groups is 1. The van der Waals surface area contributed by atoms with Crippen molar-refractivity contribution in [3.63, 3.8) is 0 Å². The van der Waals surface area contributed by atoms with E-state index in [4.69, 9.17) is 5.53 Å². The molecule has 0 aromatic carbocycles. The second kappa shape index (κ2) is 17.6. The van der Waals surface area contributed by atoms with Crippen molar-refractivity contribution >= 4 is 5.97 Å². The number of unbranched alkanes of at least 4 members (excludes halogenated alkanes) is 12. The van der Waals surface area contributed by atoms with Crippen LogP contribution in [-0.4, -0.2) is 30.3 Å². The van der Waals surface area contributed by atoms with E-state index in [-0.39, 0.29) is 0 Å². The summed E-state index contributed by atoms with van der Waals surface area (Å²) in [4.78, 5) is 14.0. The molecule has 146 valence electrons. The van der Waals surface area contributed by atoms with Gasteiger partial charge >= 0.3 is 5.97 Å². The topological polar surface area (TPSA) is 95.3 Å². The third kappa shape index (κ3) is 13.7. The van der Waals surface area contributed by atoms with Gasteiger partial charge in [-0.1, -0.05) is 95.5 Å². The van der Waals surface area contributed by atoms with Crippen molar-refractivity contribution in [2.24, 2.45) is 5.11 Å². The molecular weight excluding hydrogens is 318 g/mol. The number of hydrogen-bond donors (Lipinski definition) is 1. The first-order valence-electron chi connectivity index (χ1n) is 9.97. The van der Waals surface area contributed by atoms with Crippen LogP contribution in [0, 0.1) is 0 Å². The average Bonchev–Trinajstić information content (AvgIpc) is 2.62. The molecule has 0 spiro atoms. The first-order valence-corrected chi connectivity index (χ1v) is 9.97. The standard InChI is InChI=1S/C19H37N3O3/c1-3-4-5-6-7-8-9-10-11-12-13-14-15-16-17(23)18(21-22-20)19(24)25-2/h17-18,23H,3-16H2,1-2H3/t17-,18-/m0/s1. The van der Waals surface area contributed by atoms with Gasteiger partial charge in [-0.15, -0.1) is 0 Å². The van der Waals surface area contributed by atoms with Crippen LogP contribution in [-0.2, 0) is 9.53 Å². The monoisotopic (exact) mass is 355 g/mol. The van der Waals surface area contributed by atoms with Crippen molar-refractivity contribution in [1.82, 2.24) is 0 Å². The van der Waals surface area contributed by atoms with Crippen molar-refractivity contribution in [2.75, 3.05) is 7.11 Å². The smallest absolute Gasteiger partial charge is 0.317 e. The number of aliphatic hydroxyl groups excluding tert-OH is 1. The summed E-state index contributed by atoms with van der Waals surface area (Å²) in [6, 6.07) is -1.13. The Morgan fingerprint density at radius 3 is 1.80 bits per heavy atom. The summed E-state index contributed by atoms with van der Waals surface area (Å²) in [5, 5.41) is 13.3. The Morgan fingerprint density at radius 2 is 1.40 bits per heavy atom. The van der Waals surface area contributed by atoms with Gasteiger partial charge in [0.05, 0.1) is 13.2 Å². The molecule has 0 heterocycles. The Morgan fingerprint density at radius 1 is 0.960 bits per heavy atom. The van der Waals surface area contributed by atoms with E-state index in [2.05, 4.69) is 21.7 Å². The van der Waals surface area contributed by atoms with Gasteiger partial charge < -0.3 is 9.84 Å². The zero-order valence-electron chi connectivity index (χ0n) is 16.2. The average molecular weight is 356 g/mol. The molecule has 0 amide bonds. The van der Waals surface area contributed by atoms with Gasteiger partial charge in [0, 0.05) is 4.91 Å². The van der Waals surface area contributed by atoms with Gasteiger partial charge in [0.15, 0.2) is 6.04 Å². The molecule has 2 atom stereocenters. The predicted molar refractivity (Wildman–Crippen MR) is 101 cm³/mol. The number of aliphatic hydroxyl groups is 1. The van der Waals surface area contributed by atoms with E-state index in [1.54, 1.807) is 0 Å². The van der Waals surface area contributed by atoms with E-state index >= 15 is 0 Å². The summed E-state index contributed by atoms with van der Waals surface area (Å²) < 4.78 is 4.54. The van der Waals surface area contributed by atoms with Gasteiger partial charge in [0.1, 0.15) is 0 Å². The van der Waals surface area contributed by atoms with Crippen molar-refractivity contribution in [3.05, 3.63) is 10.4 Å². The third-order valence-corrected chi connectivity index (χ3v) is 4.59. The number of azide groups is 1. The molecule has 6 nitrogen and oxygen atoms in total. The molecule has 0 fully saturated rings. The zero-order chi connectivity index (χ0) is 18.8. The maximum absolute atomic E-state index is 11.4.